The molecule has 3 aromatic rings. The van der Waals surface area contributed by atoms with E-state index in [0.29, 0.717) is 34.1 Å². The summed E-state index contributed by atoms with van der Waals surface area (Å²) in [7, 11) is 3.12. The number of rotatable bonds is 6. The lowest BCUT2D eigenvalue weighted by Gasteiger charge is -2.13. The van der Waals surface area contributed by atoms with Crippen molar-refractivity contribution < 1.29 is 14.3 Å². The highest BCUT2D eigenvalue weighted by Gasteiger charge is 2.14. The topological polar surface area (TPSA) is 109 Å². The Labute approximate surface area is 168 Å². The summed E-state index contributed by atoms with van der Waals surface area (Å²) in [5, 5.41) is 15.0. The molecule has 29 heavy (non-hydrogen) atoms. The van der Waals surface area contributed by atoms with Crippen molar-refractivity contribution in [3.63, 3.8) is 0 Å². The average Bonchev–Trinajstić information content (AvgIpc) is 2.73. The number of benzene rings is 2. The zero-order chi connectivity index (χ0) is 20.8. The van der Waals surface area contributed by atoms with Crippen molar-refractivity contribution in [2.24, 2.45) is 0 Å². The molecule has 1 aromatic heterocycles. The molecule has 0 atom stereocenters. The second-order valence-electron chi connectivity index (χ2n) is 6.02. The van der Waals surface area contributed by atoms with Gasteiger partial charge in [-0.05, 0) is 37.3 Å². The highest BCUT2D eigenvalue weighted by atomic mass is 16.5. The monoisotopic (exact) mass is 389 g/mol. The second kappa shape index (κ2) is 8.71. The summed E-state index contributed by atoms with van der Waals surface area (Å²) in [5.74, 6) is 0.992. The first-order valence-electron chi connectivity index (χ1n) is 8.69. The molecule has 146 valence electrons. The quantitative estimate of drug-likeness (QED) is 0.662. The van der Waals surface area contributed by atoms with Crippen LogP contribution in [0.4, 0.5) is 17.3 Å². The molecule has 1 heterocycles. The van der Waals surface area contributed by atoms with Gasteiger partial charge in [-0.15, -0.1) is 0 Å². The van der Waals surface area contributed by atoms with Crippen LogP contribution in [0.3, 0.4) is 0 Å². The van der Waals surface area contributed by atoms with Gasteiger partial charge in [0.15, 0.2) is 0 Å². The number of hydrogen-bond acceptors (Lipinski definition) is 7. The van der Waals surface area contributed by atoms with Gasteiger partial charge in [-0.2, -0.15) is 5.26 Å². The zero-order valence-electron chi connectivity index (χ0n) is 16.2. The van der Waals surface area contributed by atoms with E-state index >= 15 is 0 Å². The minimum atomic E-state index is -0.446. The Morgan fingerprint density at radius 2 is 1.83 bits per heavy atom. The third kappa shape index (κ3) is 4.59. The molecule has 0 aliphatic carbocycles. The van der Waals surface area contributed by atoms with Crippen LogP contribution in [0.25, 0.3) is 0 Å². The Kier molecular flexibility index (Phi) is 5.90. The summed E-state index contributed by atoms with van der Waals surface area (Å²) in [6, 6.07) is 15.6. The molecule has 8 nitrogen and oxygen atoms in total. The number of para-hydroxylation sites is 1. The highest BCUT2D eigenvalue weighted by Crippen LogP contribution is 2.30. The number of hydrogen-bond donors (Lipinski definition) is 2. The van der Waals surface area contributed by atoms with Crippen molar-refractivity contribution in [3.05, 3.63) is 65.5 Å². The van der Waals surface area contributed by atoms with Crippen LogP contribution in [0.5, 0.6) is 11.5 Å². The average molecular weight is 389 g/mol. The van der Waals surface area contributed by atoms with Gasteiger partial charge >= 0.3 is 0 Å². The molecule has 3 rings (SSSR count). The Hall–Kier alpha value is -4.12. The lowest BCUT2D eigenvalue weighted by Crippen LogP contribution is -2.16. The number of carbonyl (C=O) groups excluding carboxylic acids is 1. The number of methoxy groups -OCH3 is 2. The summed E-state index contributed by atoms with van der Waals surface area (Å²) in [4.78, 5) is 21.3. The molecule has 0 saturated carbocycles. The van der Waals surface area contributed by atoms with Crippen LogP contribution in [-0.2, 0) is 0 Å². The number of amides is 1. The zero-order valence-corrected chi connectivity index (χ0v) is 16.2. The van der Waals surface area contributed by atoms with Crippen LogP contribution < -0.4 is 20.1 Å². The molecule has 0 bridgehead atoms. The maximum absolute atomic E-state index is 12.7. The minimum absolute atomic E-state index is 0.162. The van der Waals surface area contributed by atoms with Crippen molar-refractivity contribution in [2.75, 3.05) is 24.9 Å². The number of ether oxygens (including phenoxy) is 2. The third-order valence-corrected chi connectivity index (χ3v) is 4.04. The number of aromatic nitrogens is 2. The number of anilines is 3. The summed E-state index contributed by atoms with van der Waals surface area (Å²) in [6.45, 7) is 1.76. The van der Waals surface area contributed by atoms with E-state index in [1.807, 2.05) is 6.07 Å². The van der Waals surface area contributed by atoms with E-state index < -0.39 is 5.91 Å². The van der Waals surface area contributed by atoms with Crippen molar-refractivity contribution >= 4 is 23.2 Å². The van der Waals surface area contributed by atoms with E-state index in [-0.39, 0.29) is 11.6 Å². The molecule has 0 fully saturated rings. The first kappa shape index (κ1) is 19.6. The van der Waals surface area contributed by atoms with Gasteiger partial charge in [0.2, 0.25) is 5.95 Å². The normalized spacial score (nSPS) is 10.0. The maximum atomic E-state index is 12.7. The van der Waals surface area contributed by atoms with E-state index in [2.05, 4.69) is 20.6 Å². The largest absolute Gasteiger partial charge is 0.497 e. The maximum Gasteiger partial charge on any atom is 0.274 e. The second-order valence-corrected chi connectivity index (χ2v) is 6.02. The predicted octanol–water partition coefficient (Wildman–Crippen LogP) is 3.67. The molecular formula is C21H19N5O3. The molecule has 2 N–H and O–H groups in total. The number of nitrogens with zero attached hydrogens (tertiary/aromatic N) is 3. The van der Waals surface area contributed by atoms with Crippen LogP contribution in [0, 0.1) is 18.3 Å². The van der Waals surface area contributed by atoms with Crippen molar-refractivity contribution in [1.82, 2.24) is 9.97 Å². The first-order chi connectivity index (χ1) is 14.0. The number of nitriles is 1. The smallest absolute Gasteiger partial charge is 0.274 e. The van der Waals surface area contributed by atoms with Gasteiger partial charge in [0.05, 0.1) is 31.2 Å². The van der Waals surface area contributed by atoms with E-state index in [4.69, 9.17) is 9.47 Å². The van der Waals surface area contributed by atoms with Gasteiger partial charge in [0, 0.05) is 11.8 Å². The van der Waals surface area contributed by atoms with Crippen molar-refractivity contribution in [3.8, 4) is 17.6 Å². The van der Waals surface area contributed by atoms with Gasteiger partial charge in [-0.1, -0.05) is 12.1 Å². The Balaban J connectivity index is 1.89. The molecule has 0 spiro atoms. The number of carbonyl (C=O) groups is 1. The number of aryl methyl sites for hydroxylation is 1. The highest BCUT2D eigenvalue weighted by molar-refractivity contribution is 6.03. The molecule has 0 aliphatic heterocycles. The Bertz CT molecular complexity index is 1090. The lowest BCUT2D eigenvalue weighted by molar-refractivity contribution is 0.102. The van der Waals surface area contributed by atoms with Crippen LogP contribution in [0.15, 0.2) is 48.5 Å². The molecule has 0 unspecified atom stereocenters. The molecule has 0 saturated heterocycles. The fourth-order valence-electron chi connectivity index (χ4n) is 2.65. The fourth-order valence-corrected chi connectivity index (χ4v) is 2.65. The fraction of sp³-hybridized carbons (Fsp3) is 0.143. The summed E-state index contributed by atoms with van der Waals surface area (Å²) in [5.41, 5.74) is 2.14. The molecule has 1 amide bonds. The number of nitrogens with one attached hydrogen (secondary N) is 2. The minimum Gasteiger partial charge on any atom is -0.497 e. The van der Waals surface area contributed by atoms with Crippen LogP contribution in [0.2, 0.25) is 0 Å². The van der Waals surface area contributed by atoms with Gasteiger partial charge < -0.3 is 20.1 Å². The van der Waals surface area contributed by atoms with Crippen molar-refractivity contribution in [2.45, 2.75) is 6.92 Å². The van der Waals surface area contributed by atoms with E-state index in [1.165, 1.54) is 0 Å². The van der Waals surface area contributed by atoms with Crippen LogP contribution in [-0.4, -0.2) is 30.1 Å². The lowest BCUT2D eigenvalue weighted by atomic mass is 10.2. The van der Waals surface area contributed by atoms with Crippen molar-refractivity contribution in [1.29, 1.82) is 5.26 Å². The van der Waals surface area contributed by atoms with E-state index in [9.17, 15) is 10.1 Å². The van der Waals surface area contributed by atoms with Gasteiger partial charge in [0.25, 0.3) is 5.91 Å². The third-order valence-electron chi connectivity index (χ3n) is 4.04. The van der Waals surface area contributed by atoms with Crippen LogP contribution in [0.1, 0.15) is 21.7 Å². The summed E-state index contributed by atoms with van der Waals surface area (Å²) >= 11 is 0. The summed E-state index contributed by atoms with van der Waals surface area (Å²) in [6.07, 6.45) is 0. The van der Waals surface area contributed by atoms with Gasteiger partial charge in [-0.3, -0.25) is 4.79 Å². The van der Waals surface area contributed by atoms with Crippen LogP contribution >= 0.6 is 0 Å². The predicted molar refractivity (Wildman–Crippen MR) is 109 cm³/mol. The van der Waals surface area contributed by atoms with Gasteiger partial charge in [-0.25, -0.2) is 9.97 Å². The van der Waals surface area contributed by atoms with E-state index in [0.717, 1.165) is 0 Å². The van der Waals surface area contributed by atoms with Gasteiger partial charge in [0.1, 0.15) is 23.3 Å². The molecular weight excluding hydrogens is 370 g/mol. The SMILES string of the molecule is COc1ccc(OC)c(Nc2nc(C)cc(C(=O)Nc3ccccc3C#N)n2)c1. The standard InChI is InChI=1S/C21H19N5O3/c1-13-10-18(20(27)24-16-7-5-4-6-14(16)12-22)26-21(23-13)25-17-11-15(28-2)8-9-19(17)29-3/h4-11H,1-3H3,(H,24,27)(H,23,25,26). The Morgan fingerprint density at radius 1 is 1.03 bits per heavy atom. The molecule has 0 aliphatic rings. The Morgan fingerprint density at radius 3 is 2.55 bits per heavy atom. The first-order valence-corrected chi connectivity index (χ1v) is 8.69. The summed E-state index contributed by atoms with van der Waals surface area (Å²) < 4.78 is 10.6. The molecule has 8 heteroatoms. The molecule has 2 aromatic carbocycles. The van der Waals surface area contributed by atoms with E-state index in [1.54, 1.807) is 69.7 Å². The molecule has 0 radical (unpaired) electrons.